The Morgan fingerprint density at radius 2 is 2.04 bits per heavy atom. The molecule has 6 heteroatoms. The van der Waals surface area contributed by atoms with E-state index in [1.807, 2.05) is 6.92 Å². The summed E-state index contributed by atoms with van der Waals surface area (Å²) in [6.07, 6.45) is 1.92. The van der Waals surface area contributed by atoms with Crippen LogP contribution < -0.4 is 10.6 Å². The molecule has 2 atom stereocenters. The molecule has 2 aliphatic rings. The summed E-state index contributed by atoms with van der Waals surface area (Å²) in [5.74, 6) is -1.07. The standard InChI is InChI=1S/C17H21N3O3/c1-10-5-6-13-14(8-10)17(23)20(16(13)22)11(2)15(21)19-12-4-3-7-18-9-12/h5-6,8,11-12,18H,3-4,7,9H2,1-2H3,(H,19,21)/t11?,12-/m0/s1. The lowest BCUT2D eigenvalue weighted by Crippen LogP contribution is -2.53. The summed E-state index contributed by atoms with van der Waals surface area (Å²) in [6, 6.07) is 4.39. The molecule has 6 nitrogen and oxygen atoms in total. The highest BCUT2D eigenvalue weighted by Gasteiger charge is 2.41. The minimum Gasteiger partial charge on any atom is -0.350 e. The second kappa shape index (κ2) is 6.12. The molecular formula is C17H21N3O3. The average molecular weight is 315 g/mol. The molecule has 3 amide bonds. The van der Waals surface area contributed by atoms with Gasteiger partial charge in [0.05, 0.1) is 11.1 Å². The van der Waals surface area contributed by atoms with Crippen LogP contribution in [0.3, 0.4) is 0 Å². The number of nitrogens with zero attached hydrogens (tertiary/aromatic N) is 1. The highest BCUT2D eigenvalue weighted by molar-refractivity contribution is 6.22. The molecule has 1 unspecified atom stereocenters. The van der Waals surface area contributed by atoms with Crippen molar-refractivity contribution in [2.24, 2.45) is 0 Å². The molecule has 1 fully saturated rings. The number of amides is 3. The van der Waals surface area contributed by atoms with Crippen LogP contribution in [0.15, 0.2) is 18.2 Å². The SMILES string of the molecule is Cc1ccc2c(c1)C(=O)N(C(C)C(=O)N[C@H]1CCCNC1)C2=O. The first-order valence-corrected chi connectivity index (χ1v) is 7.98. The zero-order chi connectivity index (χ0) is 16.6. The molecule has 2 aliphatic heterocycles. The zero-order valence-electron chi connectivity index (χ0n) is 13.4. The lowest BCUT2D eigenvalue weighted by atomic mass is 10.1. The van der Waals surface area contributed by atoms with Crippen molar-refractivity contribution in [2.45, 2.75) is 38.8 Å². The third-order valence-corrected chi connectivity index (χ3v) is 4.48. The molecule has 0 spiro atoms. The van der Waals surface area contributed by atoms with Crippen molar-refractivity contribution in [1.29, 1.82) is 0 Å². The van der Waals surface area contributed by atoms with Gasteiger partial charge in [-0.3, -0.25) is 19.3 Å². The fourth-order valence-electron chi connectivity index (χ4n) is 3.14. The predicted molar refractivity (Wildman–Crippen MR) is 85.2 cm³/mol. The zero-order valence-corrected chi connectivity index (χ0v) is 13.4. The number of aryl methyl sites for hydroxylation is 1. The lowest BCUT2D eigenvalue weighted by molar-refractivity contribution is -0.125. The Morgan fingerprint density at radius 1 is 1.30 bits per heavy atom. The molecule has 1 aromatic carbocycles. The Balaban J connectivity index is 1.75. The third kappa shape index (κ3) is 2.86. The van der Waals surface area contributed by atoms with Crippen molar-refractivity contribution < 1.29 is 14.4 Å². The fraction of sp³-hybridized carbons (Fsp3) is 0.471. The Morgan fingerprint density at radius 3 is 2.74 bits per heavy atom. The van der Waals surface area contributed by atoms with Gasteiger partial charge in [-0.1, -0.05) is 11.6 Å². The van der Waals surface area contributed by atoms with Crippen LogP contribution in [0.5, 0.6) is 0 Å². The summed E-state index contributed by atoms with van der Waals surface area (Å²) in [6.45, 7) is 5.15. The molecule has 0 aromatic heterocycles. The molecule has 0 bridgehead atoms. The van der Waals surface area contributed by atoms with E-state index in [1.165, 1.54) is 0 Å². The van der Waals surface area contributed by atoms with E-state index >= 15 is 0 Å². The first-order chi connectivity index (χ1) is 11.0. The lowest BCUT2D eigenvalue weighted by Gasteiger charge is -2.27. The van der Waals surface area contributed by atoms with Crippen molar-refractivity contribution in [3.8, 4) is 0 Å². The monoisotopic (exact) mass is 315 g/mol. The molecule has 2 N–H and O–H groups in total. The van der Waals surface area contributed by atoms with Gasteiger partial charge in [0, 0.05) is 12.6 Å². The normalized spacial score (nSPS) is 22.0. The molecule has 23 heavy (non-hydrogen) atoms. The molecule has 122 valence electrons. The number of fused-ring (bicyclic) bond motifs is 1. The molecule has 0 saturated carbocycles. The summed E-state index contributed by atoms with van der Waals surface area (Å²) < 4.78 is 0. The van der Waals surface area contributed by atoms with E-state index in [0.29, 0.717) is 11.1 Å². The fourth-order valence-corrected chi connectivity index (χ4v) is 3.14. The quantitative estimate of drug-likeness (QED) is 0.811. The summed E-state index contributed by atoms with van der Waals surface area (Å²) in [7, 11) is 0. The highest BCUT2D eigenvalue weighted by atomic mass is 16.2. The second-order valence-electron chi connectivity index (χ2n) is 6.26. The van der Waals surface area contributed by atoms with Gasteiger partial charge in [-0.15, -0.1) is 0 Å². The number of imide groups is 1. The molecule has 1 saturated heterocycles. The topological polar surface area (TPSA) is 78.5 Å². The van der Waals surface area contributed by atoms with E-state index in [-0.39, 0.29) is 11.9 Å². The second-order valence-corrected chi connectivity index (χ2v) is 6.26. The van der Waals surface area contributed by atoms with Crippen LogP contribution >= 0.6 is 0 Å². The third-order valence-electron chi connectivity index (χ3n) is 4.48. The predicted octanol–water partition coefficient (Wildman–Crippen LogP) is 0.848. The van der Waals surface area contributed by atoms with Gasteiger partial charge < -0.3 is 10.6 Å². The van der Waals surface area contributed by atoms with E-state index in [2.05, 4.69) is 10.6 Å². The van der Waals surface area contributed by atoms with Crippen LogP contribution in [0.25, 0.3) is 0 Å². The van der Waals surface area contributed by atoms with Crippen LogP contribution in [0.2, 0.25) is 0 Å². The molecule has 2 heterocycles. The maximum absolute atomic E-state index is 12.5. The van der Waals surface area contributed by atoms with Gasteiger partial charge >= 0.3 is 0 Å². The van der Waals surface area contributed by atoms with Gasteiger partial charge in [0.15, 0.2) is 0 Å². The maximum Gasteiger partial charge on any atom is 0.262 e. The summed E-state index contributed by atoms with van der Waals surface area (Å²) in [4.78, 5) is 38.5. The van der Waals surface area contributed by atoms with Crippen LogP contribution in [0.1, 0.15) is 46.0 Å². The Kier molecular flexibility index (Phi) is 4.17. The number of hydrogen-bond acceptors (Lipinski definition) is 4. The average Bonchev–Trinajstić information content (AvgIpc) is 2.78. The number of carbonyl (C=O) groups is 3. The van der Waals surface area contributed by atoms with E-state index in [9.17, 15) is 14.4 Å². The molecule has 1 aromatic rings. The van der Waals surface area contributed by atoms with E-state index in [1.54, 1.807) is 25.1 Å². The van der Waals surface area contributed by atoms with Crippen LogP contribution in [0.4, 0.5) is 0 Å². The molecule has 3 rings (SSSR count). The number of carbonyl (C=O) groups excluding carboxylic acids is 3. The molecule has 0 radical (unpaired) electrons. The number of hydrogen-bond donors (Lipinski definition) is 2. The van der Waals surface area contributed by atoms with Gasteiger partial charge in [-0.2, -0.15) is 0 Å². The van der Waals surface area contributed by atoms with E-state index in [0.717, 1.165) is 36.4 Å². The summed E-state index contributed by atoms with van der Waals surface area (Å²) >= 11 is 0. The van der Waals surface area contributed by atoms with Crippen LogP contribution in [-0.4, -0.2) is 47.8 Å². The highest BCUT2D eigenvalue weighted by Crippen LogP contribution is 2.25. The van der Waals surface area contributed by atoms with Gasteiger partial charge in [-0.05, 0) is 45.4 Å². The van der Waals surface area contributed by atoms with Crippen molar-refractivity contribution >= 4 is 17.7 Å². The smallest absolute Gasteiger partial charge is 0.262 e. The Hall–Kier alpha value is -2.21. The number of piperidine rings is 1. The van der Waals surface area contributed by atoms with Crippen LogP contribution in [0, 0.1) is 6.92 Å². The first-order valence-electron chi connectivity index (χ1n) is 7.98. The van der Waals surface area contributed by atoms with Crippen molar-refractivity contribution in [3.63, 3.8) is 0 Å². The minimum absolute atomic E-state index is 0.0520. The molecule has 0 aliphatic carbocycles. The van der Waals surface area contributed by atoms with Gasteiger partial charge in [0.25, 0.3) is 11.8 Å². The summed E-state index contributed by atoms with van der Waals surface area (Å²) in [5, 5.41) is 6.15. The van der Waals surface area contributed by atoms with Crippen molar-refractivity contribution in [1.82, 2.24) is 15.5 Å². The van der Waals surface area contributed by atoms with Crippen LogP contribution in [-0.2, 0) is 4.79 Å². The van der Waals surface area contributed by atoms with Gasteiger partial charge in [0.1, 0.15) is 6.04 Å². The van der Waals surface area contributed by atoms with Crippen molar-refractivity contribution in [2.75, 3.05) is 13.1 Å². The van der Waals surface area contributed by atoms with Crippen molar-refractivity contribution in [3.05, 3.63) is 34.9 Å². The molecular weight excluding hydrogens is 294 g/mol. The van der Waals surface area contributed by atoms with E-state index < -0.39 is 17.9 Å². The van der Waals surface area contributed by atoms with E-state index in [4.69, 9.17) is 0 Å². The first kappa shape index (κ1) is 15.7. The maximum atomic E-state index is 12.5. The number of rotatable bonds is 3. The van der Waals surface area contributed by atoms with Gasteiger partial charge in [0.2, 0.25) is 5.91 Å². The number of nitrogens with one attached hydrogen (secondary N) is 2. The number of benzene rings is 1. The summed E-state index contributed by atoms with van der Waals surface area (Å²) in [5.41, 5.74) is 1.67. The Labute approximate surface area is 135 Å². The van der Waals surface area contributed by atoms with Gasteiger partial charge in [-0.25, -0.2) is 0 Å². The minimum atomic E-state index is -0.815. The largest absolute Gasteiger partial charge is 0.350 e. The Bertz CT molecular complexity index is 665.